The van der Waals surface area contributed by atoms with Gasteiger partial charge in [-0.25, -0.2) is 0 Å². The van der Waals surface area contributed by atoms with Crippen molar-refractivity contribution in [3.63, 3.8) is 0 Å². The second kappa shape index (κ2) is 8.08. The zero-order valence-electron chi connectivity index (χ0n) is 13.4. The molecule has 0 spiro atoms. The van der Waals surface area contributed by atoms with E-state index < -0.39 is 11.5 Å². The Morgan fingerprint density at radius 1 is 1.29 bits per heavy atom. The smallest absolute Gasteiger partial charge is 0.144 e. The molecule has 0 aromatic heterocycles. The lowest BCUT2D eigenvalue weighted by molar-refractivity contribution is 0.0308. The first-order valence-corrected chi connectivity index (χ1v) is 7.67. The van der Waals surface area contributed by atoms with Crippen molar-refractivity contribution in [1.82, 2.24) is 5.32 Å². The number of aliphatic hydroxyl groups excluding tert-OH is 3. The summed E-state index contributed by atoms with van der Waals surface area (Å²) in [6.45, 7) is 6.36. The van der Waals surface area contributed by atoms with Gasteiger partial charge in [0.15, 0.2) is 0 Å². The van der Waals surface area contributed by atoms with Crippen LogP contribution in [0.25, 0.3) is 0 Å². The number of rotatable bonds is 7. The Morgan fingerprint density at radius 2 is 1.95 bits per heavy atom. The van der Waals surface area contributed by atoms with Crippen LogP contribution in [0.3, 0.4) is 0 Å². The van der Waals surface area contributed by atoms with Crippen LogP contribution in [0.2, 0.25) is 0 Å². The van der Waals surface area contributed by atoms with Crippen molar-refractivity contribution in [2.24, 2.45) is 10.6 Å². The molecule has 1 atom stereocenters. The molecule has 1 aliphatic carbocycles. The molecule has 0 aromatic carbocycles. The maximum atomic E-state index is 9.83. The van der Waals surface area contributed by atoms with E-state index in [0.717, 1.165) is 25.7 Å². The van der Waals surface area contributed by atoms with E-state index in [2.05, 4.69) is 10.5 Å². The normalized spacial score (nSPS) is 22.3. The summed E-state index contributed by atoms with van der Waals surface area (Å²) in [5.74, 6) is 0. The van der Waals surface area contributed by atoms with Crippen molar-refractivity contribution < 1.29 is 20.2 Å². The van der Waals surface area contributed by atoms with Gasteiger partial charge in [0.05, 0.1) is 24.3 Å². The Morgan fingerprint density at radius 3 is 2.52 bits per heavy atom. The lowest BCUT2D eigenvalue weighted by Gasteiger charge is -2.34. The molecule has 0 aliphatic heterocycles. The van der Waals surface area contributed by atoms with Gasteiger partial charge in [0, 0.05) is 12.1 Å². The molecule has 4 N–H and O–H groups in total. The molecule has 0 heterocycles. The van der Waals surface area contributed by atoms with Crippen molar-refractivity contribution in [2.75, 3.05) is 26.4 Å². The second-order valence-corrected chi connectivity index (χ2v) is 6.92. The SMILES string of the molecule is CC(C)(C)NCC(O)CO/N=C1\CCCCC1(CO)CO. The maximum absolute atomic E-state index is 9.83. The fraction of sp³-hybridized carbons (Fsp3) is 0.933. The van der Waals surface area contributed by atoms with Crippen LogP contribution >= 0.6 is 0 Å². The van der Waals surface area contributed by atoms with Crippen molar-refractivity contribution in [2.45, 2.75) is 58.1 Å². The minimum atomic E-state index is -0.660. The summed E-state index contributed by atoms with van der Waals surface area (Å²) in [6.07, 6.45) is 2.75. The van der Waals surface area contributed by atoms with E-state index in [-0.39, 0.29) is 25.4 Å². The Kier molecular flexibility index (Phi) is 7.06. The van der Waals surface area contributed by atoms with Gasteiger partial charge in [-0.1, -0.05) is 11.6 Å². The predicted octanol–water partition coefficient (Wildman–Crippen LogP) is 0.653. The Labute approximate surface area is 127 Å². The third kappa shape index (κ3) is 5.90. The summed E-state index contributed by atoms with van der Waals surface area (Å²) in [5, 5.41) is 36.2. The van der Waals surface area contributed by atoms with E-state index in [9.17, 15) is 15.3 Å². The van der Waals surface area contributed by atoms with Crippen LogP contribution in [0, 0.1) is 5.41 Å². The van der Waals surface area contributed by atoms with Crippen molar-refractivity contribution in [1.29, 1.82) is 0 Å². The Hall–Kier alpha value is -0.690. The summed E-state index contributed by atoms with van der Waals surface area (Å²) >= 11 is 0. The van der Waals surface area contributed by atoms with Gasteiger partial charge in [-0.2, -0.15) is 0 Å². The summed E-state index contributed by atoms with van der Waals surface area (Å²) in [7, 11) is 0. The van der Waals surface area contributed by atoms with Crippen LogP contribution in [0.5, 0.6) is 0 Å². The third-order valence-electron chi connectivity index (χ3n) is 3.85. The van der Waals surface area contributed by atoms with Crippen molar-refractivity contribution in [3.8, 4) is 0 Å². The number of nitrogens with zero attached hydrogens (tertiary/aromatic N) is 1. The molecule has 6 heteroatoms. The average Bonchev–Trinajstić information content (AvgIpc) is 2.45. The standard InChI is InChI=1S/C15H30N2O4/c1-14(2,3)16-8-12(20)9-21-17-13-6-4-5-7-15(13,10-18)11-19/h12,16,18-20H,4-11H2,1-3H3/b17-13+. The number of β-amino-alcohol motifs (C(OH)–C–C–N with tert-alkyl or cyclic N) is 1. The molecular formula is C15H30N2O4. The van der Waals surface area contributed by atoms with Crippen LogP contribution in [0.1, 0.15) is 46.5 Å². The number of nitrogens with one attached hydrogen (secondary N) is 1. The molecule has 1 unspecified atom stereocenters. The van der Waals surface area contributed by atoms with Gasteiger partial charge in [-0.3, -0.25) is 0 Å². The summed E-state index contributed by atoms with van der Waals surface area (Å²) in [6, 6.07) is 0. The van der Waals surface area contributed by atoms with E-state index >= 15 is 0 Å². The monoisotopic (exact) mass is 302 g/mol. The fourth-order valence-corrected chi connectivity index (χ4v) is 2.38. The average molecular weight is 302 g/mol. The minimum absolute atomic E-state index is 0.0564. The van der Waals surface area contributed by atoms with Crippen LogP contribution in [-0.4, -0.2) is 59.0 Å². The lowest BCUT2D eigenvalue weighted by Crippen LogP contribution is -2.42. The number of hydrogen-bond acceptors (Lipinski definition) is 6. The van der Waals surface area contributed by atoms with E-state index in [1.54, 1.807) is 0 Å². The van der Waals surface area contributed by atoms with Crippen molar-refractivity contribution >= 4 is 5.71 Å². The van der Waals surface area contributed by atoms with Gasteiger partial charge in [-0.15, -0.1) is 0 Å². The first kappa shape index (κ1) is 18.4. The highest BCUT2D eigenvalue weighted by molar-refractivity contribution is 5.90. The van der Waals surface area contributed by atoms with Crippen LogP contribution in [-0.2, 0) is 4.84 Å². The molecule has 0 aromatic rings. The lowest BCUT2D eigenvalue weighted by atomic mass is 9.73. The van der Waals surface area contributed by atoms with E-state index in [1.165, 1.54) is 0 Å². The number of oxime groups is 1. The zero-order chi connectivity index (χ0) is 15.9. The molecule has 1 saturated carbocycles. The topological polar surface area (TPSA) is 94.3 Å². The first-order valence-electron chi connectivity index (χ1n) is 7.67. The van der Waals surface area contributed by atoms with E-state index in [4.69, 9.17) is 4.84 Å². The highest BCUT2D eigenvalue weighted by atomic mass is 16.6. The molecule has 21 heavy (non-hydrogen) atoms. The predicted molar refractivity (Wildman–Crippen MR) is 82.2 cm³/mol. The molecule has 124 valence electrons. The number of aliphatic hydroxyl groups is 3. The second-order valence-electron chi connectivity index (χ2n) is 6.92. The summed E-state index contributed by atoms with van der Waals surface area (Å²) in [4.78, 5) is 5.23. The highest BCUT2D eigenvalue weighted by Gasteiger charge is 2.37. The largest absolute Gasteiger partial charge is 0.395 e. The quantitative estimate of drug-likeness (QED) is 0.518. The van der Waals surface area contributed by atoms with Gasteiger partial charge in [0.2, 0.25) is 0 Å². The molecule has 0 radical (unpaired) electrons. The van der Waals surface area contributed by atoms with E-state index in [0.29, 0.717) is 12.3 Å². The van der Waals surface area contributed by atoms with Crippen LogP contribution in [0.4, 0.5) is 0 Å². The van der Waals surface area contributed by atoms with Crippen LogP contribution < -0.4 is 5.32 Å². The number of hydrogen-bond donors (Lipinski definition) is 4. The van der Waals surface area contributed by atoms with Gasteiger partial charge in [0.25, 0.3) is 0 Å². The van der Waals surface area contributed by atoms with Gasteiger partial charge in [-0.05, 0) is 40.0 Å². The zero-order valence-corrected chi connectivity index (χ0v) is 13.4. The summed E-state index contributed by atoms with van der Waals surface area (Å²) < 4.78 is 0. The van der Waals surface area contributed by atoms with Gasteiger partial charge in [0.1, 0.15) is 12.7 Å². The molecule has 0 saturated heterocycles. The highest BCUT2D eigenvalue weighted by Crippen LogP contribution is 2.33. The van der Waals surface area contributed by atoms with E-state index in [1.807, 2.05) is 20.8 Å². The molecule has 6 nitrogen and oxygen atoms in total. The first-order chi connectivity index (χ1) is 9.83. The summed E-state index contributed by atoms with van der Waals surface area (Å²) in [5.41, 5.74) is -0.0128. The van der Waals surface area contributed by atoms with Gasteiger partial charge < -0.3 is 25.5 Å². The molecule has 0 bridgehead atoms. The fourth-order valence-electron chi connectivity index (χ4n) is 2.38. The molecule has 1 rings (SSSR count). The maximum Gasteiger partial charge on any atom is 0.144 e. The molecular weight excluding hydrogens is 272 g/mol. The Bertz CT molecular complexity index is 335. The third-order valence-corrected chi connectivity index (χ3v) is 3.85. The molecule has 1 aliphatic rings. The van der Waals surface area contributed by atoms with Crippen molar-refractivity contribution in [3.05, 3.63) is 0 Å². The minimum Gasteiger partial charge on any atom is -0.395 e. The Balaban J connectivity index is 2.47. The van der Waals surface area contributed by atoms with Crippen LogP contribution in [0.15, 0.2) is 5.16 Å². The molecule has 1 fully saturated rings. The molecule has 0 amide bonds. The van der Waals surface area contributed by atoms with Gasteiger partial charge >= 0.3 is 0 Å².